The Morgan fingerprint density at radius 1 is 1.12 bits per heavy atom. The number of ether oxygens (including phenoxy) is 1. The molecule has 0 heterocycles. The normalized spacial score (nSPS) is 11.7. The Labute approximate surface area is 211 Å². The van der Waals surface area contributed by atoms with E-state index in [4.69, 9.17) is 21.2 Å². The number of hydroxylamine groups is 1. The summed E-state index contributed by atoms with van der Waals surface area (Å²) >= 11 is 11.4. The second-order valence-electron chi connectivity index (χ2n) is 6.58. The quantitative estimate of drug-likeness (QED) is 0.208. The lowest BCUT2D eigenvalue weighted by molar-refractivity contribution is -0.0259. The van der Waals surface area contributed by atoms with Crippen molar-refractivity contribution in [2.75, 3.05) is 18.5 Å². The van der Waals surface area contributed by atoms with Crippen molar-refractivity contribution in [3.63, 3.8) is 0 Å². The molecule has 0 aliphatic rings. The number of hydrogen-bond acceptors (Lipinski definition) is 5. The van der Waals surface area contributed by atoms with Gasteiger partial charge in [-0.1, -0.05) is 29.8 Å². The highest BCUT2D eigenvalue weighted by atomic mass is 127. The smallest absolute Gasteiger partial charge is 0.276 e. The van der Waals surface area contributed by atoms with Crippen molar-refractivity contribution in [1.29, 1.82) is 0 Å². The van der Waals surface area contributed by atoms with Crippen molar-refractivity contribution in [2.45, 2.75) is 6.10 Å². The van der Waals surface area contributed by atoms with Crippen LogP contribution in [0.3, 0.4) is 0 Å². The number of carbonyl (C=O) groups excluding carboxylic acids is 1. The molecule has 3 rings (SSSR count). The van der Waals surface area contributed by atoms with Crippen LogP contribution in [0.4, 0.5) is 15.8 Å². The summed E-state index contributed by atoms with van der Waals surface area (Å²) in [6, 6.07) is 16.8. The molecule has 3 aromatic carbocycles. The molecule has 1 unspecified atom stereocenters. The van der Waals surface area contributed by atoms with Crippen molar-refractivity contribution in [3.8, 4) is 5.75 Å². The SMILES string of the molecule is O=C(NOCC(O)COc1ccccc1)c1cc(Br)c(F)cc1Nc1ccc(I)cc1Cl. The first-order chi connectivity index (χ1) is 15.3. The molecule has 0 spiro atoms. The van der Waals surface area contributed by atoms with Gasteiger partial charge >= 0.3 is 0 Å². The fourth-order valence-electron chi connectivity index (χ4n) is 2.59. The zero-order valence-corrected chi connectivity index (χ0v) is 20.9. The summed E-state index contributed by atoms with van der Waals surface area (Å²) in [5.74, 6) is -0.581. The Morgan fingerprint density at radius 2 is 1.88 bits per heavy atom. The molecule has 1 atom stereocenters. The minimum atomic E-state index is -0.973. The van der Waals surface area contributed by atoms with E-state index >= 15 is 0 Å². The van der Waals surface area contributed by atoms with Crippen LogP contribution in [0.1, 0.15) is 10.4 Å². The lowest BCUT2D eigenvalue weighted by Crippen LogP contribution is -2.31. The first kappa shape index (κ1) is 24.7. The Kier molecular flexibility index (Phi) is 9.11. The van der Waals surface area contributed by atoms with E-state index in [1.807, 2.05) is 24.3 Å². The minimum Gasteiger partial charge on any atom is -0.491 e. The molecule has 1 amide bonds. The monoisotopic (exact) mass is 634 g/mol. The maximum Gasteiger partial charge on any atom is 0.276 e. The fourth-order valence-corrected chi connectivity index (χ4v) is 3.84. The van der Waals surface area contributed by atoms with Crippen LogP contribution < -0.4 is 15.5 Å². The number of carbonyl (C=O) groups is 1. The van der Waals surface area contributed by atoms with E-state index in [2.05, 4.69) is 49.3 Å². The number of benzene rings is 3. The number of halogens is 4. The molecule has 0 fully saturated rings. The van der Waals surface area contributed by atoms with E-state index < -0.39 is 17.8 Å². The zero-order chi connectivity index (χ0) is 23.1. The van der Waals surface area contributed by atoms with E-state index in [0.717, 1.165) is 3.57 Å². The summed E-state index contributed by atoms with van der Waals surface area (Å²) in [6.07, 6.45) is -0.973. The number of nitrogens with one attached hydrogen (secondary N) is 2. The van der Waals surface area contributed by atoms with E-state index in [9.17, 15) is 14.3 Å². The largest absolute Gasteiger partial charge is 0.491 e. The summed E-state index contributed by atoms with van der Waals surface area (Å²) < 4.78 is 20.6. The third-order valence-corrected chi connectivity index (χ3v) is 5.72. The molecule has 32 heavy (non-hydrogen) atoms. The Hall–Kier alpha value is -1.92. The molecule has 3 N–H and O–H groups in total. The highest BCUT2D eigenvalue weighted by molar-refractivity contribution is 14.1. The van der Waals surface area contributed by atoms with Gasteiger partial charge in [0.05, 0.1) is 26.4 Å². The molecular weight excluding hydrogens is 618 g/mol. The number of para-hydroxylation sites is 1. The van der Waals surface area contributed by atoms with Gasteiger partial charge in [0.1, 0.15) is 30.9 Å². The molecule has 6 nitrogen and oxygen atoms in total. The van der Waals surface area contributed by atoms with Crippen molar-refractivity contribution in [2.24, 2.45) is 0 Å². The van der Waals surface area contributed by atoms with Crippen LogP contribution in [0.25, 0.3) is 0 Å². The molecule has 0 aliphatic heterocycles. The third-order valence-electron chi connectivity index (χ3n) is 4.13. The minimum absolute atomic E-state index is 0.0138. The van der Waals surface area contributed by atoms with E-state index in [1.54, 1.807) is 24.3 Å². The summed E-state index contributed by atoms with van der Waals surface area (Å²) in [7, 11) is 0. The van der Waals surface area contributed by atoms with Crippen LogP contribution in [0.2, 0.25) is 5.02 Å². The van der Waals surface area contributed by atoms with Crippen molar-refractivity contribution in [1.82, 2.24) is 5.48 Å². The van der Waals surface area contributed by atoms with Gasteiger partial charge in [-0.05, 0) is 81.0 Å². The van der Waals surface area contributed by atoms with Crippen LogP contribution >= 0.6 is 50.1 Å². The molecule has 0 bridgehead atoms. The predicted octanol–water partition coefficient (Wildman–Crippen LogP) is 5.69. The number of aliphatic hydroxyl groups is 1. The number of aliphatic hydroxyl groups excluding tert-OH is 1. The molecular formula is C22H18BrClFIN2O4. The summed E-state index contributed by atoms with van der Waals surface area (Å²) in [6.45, 7) is -0.216. The van der Waals surface area contributed by atoms with Gasteiger partial charge in [0, 0.05) is 3.57 Å². The molecule has 0 saturated heterocycles. The fraction of sp³-hybridized carbons (Fsp3) is 0.136. The number of amides is 1. The van der Waals surface area contributed by atoms with Gasteiger partial charge in [0.25, 0.3) is 5.91 Å². The lowest BCUT2D eigenvalue weighted by atomic mass is 10.1. The first-order valence-electron chi connectivity index (χ1n) is 9.32. The maximum absolute atomic E-state index is 14.1. The molecule has 0 aromatic heterocycles. The number of rotatable bonds is 9. The van der Waals surface area contributed by atoms with Crippen LogP contribution in [0.15, 0.2) is 65.1 Å². The van der Waals surface area contributed by atoms with Crippen LogP contribution in [0, 0.1) is 9.39 Å². The predicted molar refractivity (Wildman–Crippen MR) is 133 cm³/mol. The maximum atomic E-state index is 14.1. The third kappa shape index (κ3) is 7.04. The van der Waals surface area contributed by atoms with Crippen molar-refractivity contribution >= 4 is 67.4 Å². The van der Waals surface area contributed by atoms with Gasteiger partial charge in [-0.2, -0.15) is 0 Å². The van der Waals surface area contributed by atoms with Crippen LogP contribution in [-0.4, -0.2) is 30.3 Å². The van der Waals surface area contributed by atoms with Gasteiger partial charge in [-0.15, -0.1) is 0 Å². The van der Waals surface area contributed by atoms with E-state index in [0.29, 0.717) is 16.5 Å². The Morgan fingerprint density at radius 3 is 2.59 bits per heavy atom. The summed E-state index contributed by atoms with van der Waals surface area (Å²) in [5.41, 5.74) is 3.07. The second-order valence-corrected chi connectivity index (χ2v) is 9.09. The van der Waals surface area contributed by atoms with E-state index in [1.165, 1.54) is 12.1 Å². The highest BCUT2D eigenvalue weighted by Gasteiger charge is 2.17. The topological polar surface area (TPSA) is 79.8 Å². The summed E-state index contributed by atoms with van der Waals surface area (Å²) in [5, 5.41) is 13.4. The molecule has 3 aromatic rings. The van der Waals surface area contributed by atoms with Crippen molar-refractivity contribution in [3.05, 3.63) is 85.1 Å². The molecule has 168 valence electrons. The average molecular weight is 636 g/mol. The molecule has 0 saturated carbocycles. The van der Waals surface area contributed by atoms with Gasteiger partial charge < -0.3 is 15.2 Å². The first-order valence-corrected chi connectivity index (χ1v) is 11.6. The van der Waals surface area contributed by atoms with Gasteiger partial charge in [0.2, 0.25) is 0 Å². The lowest BCUT2D eigenvalue weighted by Gasteiger charge is -2.16. The van der Waals surface area contributed by atoms with Gasteiger partial charge in [-0.3, -0.25) is 9.63 Å². The Bertz CT molecular complexity index is 1090. The van der Waals surface area contributed by atoms with E-state index in [-0.39, 0.29) is 28.9 Å². The summed E-state index contributed by atoms with van der Waals surface area (Å²) in [4.78, 5) is 17.8. The second kappa shape index (κ2) is 11.8. The Balaban J connectivity index is 1.62. The zero-order valence-electron chi connectivity index (χ0n) is 16.4. The number of anilines is 2. The average Bonchev–Trinajstić information content (AvgIpc) is 2.77. The molecule has 10 heteroatoms. The van der Waals surface area contributed by atoms with Gasteiger partial charge in [0.15, 0.2) is 0 Å². The number of hydrogen-bond donors (Lipinski definition) is 3. The molecule has 0 radical (unpaired) electrons. The van der Waals surface area contributed by atoms with Crippen molar-refractivity contribution < 1.29 is 23.9 Å². The standard InChI is InChI=1S/C22H18BrClFIN2O4/c23-17-9-16(21(10-19(17)25)27-20-7-6-13(26)8-18(20)24)22(30)28-32-12-14(29)11-31-15-4-2-1-3-5-15/h1-10,14,27,29H,11-12H2,(H,28,30). The van der Waals surface area contributed by atoms with Crippen LogP contribution in [-0.2, 0) is 4.84 Å². The van der Waals surface area contributed by atoms with Gasteiger partial charge in [-0.25, -0.2) is 9.87 Å². The highest BCUT2D eigenvalue weighted by Crippen LogP contribution is 2.31. The van der Waals surface area contributed by atoms with Crippen LogP contribution in [0.5, 0.6) is 5.75 Å². The molecule has 0 aliphatic carbocycles.